The van der Waals surface area contributed by atoms with Gasteiger partial charge in [0.2, 0.25) is 5.91 Å². The molecule has 0 aromatic rings. The van der Waals surface area contributed by atoms with Gasteiger partial charge in [-0.3, -0.25) is 4.79 Å². The molecule has 3 heteroatoms. The first-order valence-corrected chi connectivity index (χ1v) is 7.07. The van der Waals surface area contributed by atoms with Crippen molar-refractivity contribution in [1.82, 2.24) is 10.2 Å². The van der Waals surface area contributed by atoms with E-state index in [-0.39, 0.29) is 5.91 Å². The minimum atomic E-state index is 0.237. The third-order valence-electron chi connectivity index (χ3n) is 3.84. The fraction of sp³-hybridized carbons (Fsp3) is 0.929. The van der Waals surface area contributed by atoms with E-state index in [1.165, 1.54) is 19.3 Å². The van der Waals surface area contributed by atoms with Crippen molar-refractivity contribution in [3.05, 3.63) is 0 Å². The van der Waals surface area contributed by atoms with Crippen molar-refractivity contribution in [2.45, 2.75) is 53.0 Å². The number of rotatable bonds is 5. The summed E-state index contributed by atoms with van der Waals surface area (Å²) in [7, 11) is 0. The van der Waals surface area contributed by atoms with Gasteiger partial charge in [0, 0.05) is 19.1 Å². The van der Waals surface area contributed by atoms with Crippen LogP contribution >= 0.6 is 0 Å². The Labute approximate surface area is 106 Å². The molecule has 3 nitrogen and oxygen atoms in total. The van der Waals surface area contributed by atoms with E-state index in [0.29, 0.717) is 12.6 Å². The van der Waals surface area contributed by atoms with Crippen LogP contribution in [0.5, 0.6) is 0 Å². The standard InChI is InChI=1S/C14H28N2O/c1-5-16(6-2)14(17)10-15-13-8-11(3)7-12(4)9-13/h11-13,15H,5-10H2,1-4H3. The summed E-state index contributed by atoms with van der Waals surface area (Å²) in [5.41, 5.74) is 0. The van der Waals surface area contributed by atoms with Crippen molar-refractivity contribution >= 4 is 5.91 Å². The normalized spacial score (nSPS) is 29.1. The third-order valence-corrected chi connectivity index (χ3v) is 3.84. The van der Waals surface area contributed by atoms with E-state index in [9.17, 15) is 4.79 Å². The second kappa shape index (κ2) is 7.00. The van der Waals surface area contributed by atoms with E-state index in [0.717, 1.165) is 24.9 Å². The number of amides is 1. The predicted octanol–water partition coefficient (Wildman–Crippen LogP) is 2.27. The van der Waals surface area contributed by atoms with Crippen molar-refractivity contribution in [3.8, 4) is 0 Å². The smallest absolute Gasteiger partial charge is 0.236 e. The summed E-state index contributed by atoms with van der Waals surface area (Å²) in [4.78, 5) is 13.8. The molecule has 0 aliphatic heterocycles. The number of nitrogens with zero attached hydrogens (tertiary/aromatic N) is 1. The van der Waals surface area contributed by atoms with Crippen molar-refractivity contribution in [2.75, 3.05) is 19.6 Å². The summed E-state index contributed by atoms with van der Waals surface area (Å²) in [5.74, 6) is 1.82. The van der Waals surface area contributed by atoms with Crippen LogP contribution in [0, 0.1) is 11.8 Å². The molecule has 1 amide bonds. The van der Waals surface area contributed by atoms with Crippen molar-refractivity contribution in [2.24, 2.45) is 11.8 Å². The molecule has 0 saturated heterocycles. The van der Waals surface area contributed by atoms with Crippen molar-refractivity contribution < 1.29 is 4.79 Å². The maximum Gasteiger partial charge on any atom is 0.236 e. The molecular weight excluding hydrogens is 212 g/mol. The van der Waals surface area contributed by atoms with E-state index in [1.807, 2.05) is 18.7 Å². The van der Waals surface area contributed by atoms with Crippen LogP contribution in [0.3, 0.4) is 0 Å². The van der Waals surface area contributed by atoms with Gasteiger partial charge in [-0.05, 0) is 44.9 Å². The quantitative estimate of drug-likeness (QED) is 0.799. The number of likely N-dealkylation sites (N-methyl/N-ethyl adjacent to an activating group) is 1. The molecule has 0 aromatic carbocycles. The summed E-state index contributed by atoms with van der Waals surface area (Å²) < 4.78 is 0. The van der Waals surface area contributed by atoms with Gasteiger partial charge < -0.3 is 10.2 Å². The van der Waals surface area contributed by atoms with Crippen LogP contribution in [0.25, 0.3) is 0 Å². The molecule has 0 heterocycles. The second-order valence-electron chi connectivity index (χ2n) is 5.56. The lowest BCUT2D eigenvalue weighted by molar-refractivity contribution is -0.130. The van der Waals surface area contributed by atoms with Gasteiger partial charge in [0.15, 0.2) is 0 Å². The van der Waals surface area contributed by atoms with Crippen LogP contribution in [0.4, 0.5) is 0 Å². The van der Waals surface area contributed by atoms with Crippen LogP contribution in [-0.4, -0.2) is 36.5 Å². The Kier molecular flexibility index (Phi) is 5.96. The maximum absolute atomic E-state index is 11.9. The largest absolute Gasteiger partial charge is 0.342 e. The number of hydrogen-bond acceptors (Lipinski definition) is 2. The van der Waals surface area contributed by atoms with Crippen molar-refractivity contribution in [3.63, 3.8) is 0 Å². The predicted molar refractivity (Wildman–Crippen MR) is 71.9 cm³/mol. The Bertz CT molecular complexity index is 228. The first kappa shape index (κ1) is 14.5. The second-order valence-corrected chi connectivity index (χ2v) is 5.56. The molecule has 1 aliphatic rings. The molecule has 100 valence electrons. The lowest BCUT2D eigenvalue weighted by Crippen LogP contribution is -2.43. The monoisotopic (exact) mass is 240 g/mol. The molecule has 2 atom stereocenters. The molecule has 1 fully saturated rings. The van der Waals surface area contributed by atoms with Gasteiger partial charge in [0.05, 0.1) is 6.54 Å². The van der Waals surface area contributed by atoms with Crippen LogP contribution in [0.1, 0.15) is 47.0 Å². The average Bonchev–Trinajstić information content (AvgIpc) is 2.27. The van der Waals surface area contributed by atoms with E-state index in [2.05, 4.69) is 19.2 Å². The lowest BCUT2D eigenvalue weighted by atomic mass is 9.80. The first-order valence-electron chi connectivity index (χ1n) is 7.07. The zero-order valence-electron chi connectivity index (χ0n) is 11.8. The van der Waals surface area contributed by atoms with Crippen LogP contribution < -0.4 is 5.32 Å². The van der Waals surface area contributed by atoms with Gasteiger partial charge in [0.25, 0.3) is 0 Å². The van der Waals surface area contributed by atoms with E-state index < -0.39 is 0 Å². The van der Waals surface area contributed by atoms with Gasteiger partial charge in [-0.1, -0.05) is 13.8 Å². The molecular formula is C14H28N2O. The summed E-state index contributed by atoms with van der Waals surface area (Å²) in [6.07, 6.45) is 3.77. The number of hydrogen-bond donors (Lipinski definition) is 1. The van der Waals surface area contributed by atoms with E-state index in [4.69, 9.17) is 0 Å². The Morgan fingerprint density at radius 1 is 1.12 bits per heavy atom. The Balaban J connectivity index is 2.32. The fourth-order valence-corrected chi connectivity index (χ4v) is 3.03. The topological polar surface area (TPSA) is 32.3 Å². The highest BCUT2D eigenvalue weighted by Gasteiger charge is 2.24. The zero-order valence-corrected chi connectivity index (χ0v) is 11.8. The van der Waals surface area contributed by atoms with Crippen LogP contribution in [-0.2, 0) is 4.79 Å². The molecule has 1 aliphatic carbocycles. The lowest BCUT2D eigenvalue weighted by Gasteiger charge is -2.32. The molecule has 1 N–H and O–H groups in total. The molecule has 1 rings (SSSR count). The van der Waals surface area contributed by atoms with E-state index in [1.54, 1.807) is 0 Å². The van der Waals surface area contributed by atoms with Gasteiger partial charge >= 0.3 is 0 Å². The van der Waals surface area contributed by atoms with Gasteiger partial charge in [-0.15, -0.1) is 0 Å². The number of carbonyl (C=O) groups is 1. The summed E-state index contributed by atoms with van der Waals surface area (Å²) in [6.45, 7) is 10.8. The molecule has 0 bridgehead atoms. The van der Waals surface area contributed by atoms with Gasteiger partial charge in [-0.25, -0.2) is 0 Å². The highest BCUT2D eigenvalue weighted by atomic mass is 16.2. The van der Waals surface area contributed by atoms with Crippen LogP contribution in [0.15, 0.2) is 0 Å². The van der Waals surface area contributed by atoms with Gasteiger partial charge in [-0.2, -0.15) is 0 Å². The van der Waals surface area contributed by atoms with Crippen molar-refractivity contribution in [1.29, 1.82) is 0 Å². The highest BCUT2D eigenvalue weighted by molar-refractivity contribution is 5.78. The molecule has 0 aromatic heterocycles. The molecule has 1 saturated carbocycles. The molecule has 0 radical (unpaired) electrons. The summed E-state index contributed by atoms with van der Waals surface area (Å²) in [6, 6.07) is 0.535. The van der Waals surface area contributed by atoms with Crippen LogP contribution in [0.2, 0.25) is 0 Å². The molecule has 0 spiro atoms. The summed E-state index contributed by atoms with van der Waals surface area (Å²) in [5, 5.41) is 3.44. The number of nitrogens with one attached hydrogen (secondary N) is 1. The Morgan fingerprint density at radius 3 is 2.12 bits per heavy atom. The first-order chi connectivity index (χ1) is 8.06. The third kappa shape index (κ3) is 4.66. The van der Waals surface area contributed by atoms with Gasteiger partial charge in [0.1, 0.15) is 0 Å². The average molecular weight is 240 g/mol. The Morgan fingerprint density at radius 2 is 1.65 bits per heavy atom. The minimum absolute atomic E-state index is 0.237. The maximum atomic E-state index is 11.9. The molecule has 17 heavy (non-hydrogen) atoms. The Hall–Kier alpha value is -0.570. The minimum Gasteiger partial charge on any atom is -0.342 e. The fourth-order valence-electron chi connectivity index (χ4n) is 3.03. The summed E-state index contributed by atoms with van der Waals surface area (Å²) >= 11 is 0. The van der Waals surface area contributed by atoms with E-state index >= 15 is 0 Å². The number of carbonyl (C=O) groups excluding carboxylic acids is 1. The zero-order chi connectivity index (χ0) is 12.8. The molecule has 2 unspecified atom stereocenters. The SMILES string of the molecule is CCN(CC)C(=O)CNC1CC(C)CC(C)C1. The highest BCUT2D eigenvalue weighted by Crippen LogP contribution is 2.28.